The highest BCUT2D eigenvalue weighted by molar-refractivity contribution is 5.76. The molecule has 5 fully saturated rings. The standard InChI is InChI=1S/C28H43F2N5O2/c1-27(26-31-25(37-32-26)20-7-8-20)11-14-34(15-12-27)24(36)16-22-23(4-3-10-28(22,29)30)35-13-9-21(18-35)33(2)17-19-5-6-19/h19-23H,3-18H2,1-2H3/t21-,22+,23-/m0/s1. The van der Waals surface area contributed by atoms with E-state index in [1.54, 1.807) is 0 Å². The third-order valence-corrected chi connectivity index (χ3v) is 10.1. The van der Waals surface area contributed by atoms with Gasteiger partial charge in [-0.1, -0.05) is 12.1 Å². The molecule has 37 heavy (non-hydrogen) atoms. The van der Waals surface area contributed by atoms with Gasteiger partial charge in [-0.2, -0.15) is 4.98 Å². The number of carbonyl (C=O) groups is 1. The van der Waals surface area contributed by atoms with E-state index in [1.165, 1.54) is 12.8 Å². The molecule has 7 nitrogen and oxygen atoms in total. The fourth-order valence-electron chi connectivity index (χ4n) is 6.99. The van der Waals surface area contributed by atoms with E-state index in [0.717, 1.165) is 75.8 Å². The largest absolute Gasteiger partial charge is 0.343 e. The average Bonchev–Trinajstić information content (AvgIpc) is 3.78. The Balaban J connectivity index is 1.07. The molecule has 2 aliphatic heterocycles. The van der Waals surface area contributed by atoms with Crippen molar-refractivity contribution in [1.82, 2.24) is 24.8 Å². The van der Waals surface area contributed by atoms with Gasteiger partial charge in [0.15, 0.2) is 5.82 Å². The van der Waals surface area contributed by atoms with Crippen LogP contribution in [0.5, 0.6) is 0 Å². The summed E-state index contributed by atoms with van der Waals surface area (Å²) < 4.78 is 36.1. The minimum Gasteiger partial charge on any atom is -0.343 e. The molecule has 6 rings (SSSR count). The lowest BCUT2D eigenvalue weighted by molar-refractivity contribution is -0.149. The molecule has 1 amide bonds. The first-order chi connectivity index (χ1) is 17.7. The van der Waals surface area contributed by atoms with Crippen LogP contribution in [-0.2, 0) is 10.2 Å². The van der Waals surface area contributed by atoms with E-state index in [-0.39, 0.29) is 30.2 Å². The number of nitrogens with zero attached hydrogens (tertiary/aromatic N) is 5. The third-order valence-electron chi connectivity index (χ3n) is 10.1. The van der Waals surface area contributed by atoms with Crippen molar-refractivity contribution in [3.05, 3.63) is 11.7 Å². The smallest absolute Gasteiger partial charge is 0.252 e. The van der Waals surface area contributed by atoms with Crippen molar-refractivity contribution >= 4 is 5.91 Å². The monoisotopic (exact) mass is 519 g/mol. The molecule has 2 saturated heterocycles. The Kier molecular flexibility index (Phi) is 6.83. The molecular weight excluding hydrogens is 476 g/mol. The number of amides is 1. The van der Waals surface area contributed by atoms with Crippen molar-refractivity contribution < 1.29 is 18.1 Å². The van der Waals surface area contributed by atoms with Crippen LogP contribution < -0.4 is 0 Å². The van der Waals surface area contributed by atoms with Gasteiger partial charge < -0.3 is 14.3 Å². The maximum atomic E-state index is 15.3. The number of piperidine rings is 1. The van der Waals surface area contributed by atoms with Gasteiger partial charge in [0.1, 0.15) is 0 Å². The summed E-state index contributed by atoms with van der Waals surface area (Å²) in [5.74, 6) is -1.08. The summed E-state index contributed by atoms with van der Waals surface area (Å²) in [5, 5.41) is 4.25. The molecule has 0 bridgehead atoms. The van der Waals surface area contributed by atoms with E-state index in [4.69, 9.17) is 4.52 Å². The Morgan fingerprint density at radius 3 is 2.54 bits per heavy atom. The predicted molar refractivity (Wildman–Crippen MR) is 135 cm³/mol. The molecule has 3 atom stereocenters. The predicted octanol–water partition coefficient (Wildman–Crippen LogP) is 4.44. The second-order valence-electron chi connectivity index (χ2n) is 13.0. The van der Waals surface area contributed by atoms with Crippen LogP contribution in [0.25, 0.3) is 0 Å². The number of rotatable bonds is 8. The molecular formula is C28H43F2N5O2. The summed E-state index contributed by atoms with van der Waals surface area (Å²) in [6.07, 6.45) is 8.53. The van der Waals surface area contributed by atoms with Crippen molar-refractivity contribution in [3.63, 3.8) is 0 Å². The number of likely N-dealkylation sites (tertiary alicyclic amines) is 2. The second-order valence-corrected chi connectivity index (χ2v) is 13.0. The number of halogens is 2. The van der Waals surface area contributed by atoms with E-state index in [0.29, 0.717) is 31.5 Å². The zero-order valence-electron chi connectivity index (χ0n) is 22.5. The Bertz CT molecular complexity index is 970. The van der Waals surface area contributed by atoms with Gasteiger partial charge in [0.25, 0.3) is 5.92 Å². The molecule has 0 radical (unpaired) electrons. The van der Waals surface area contributed by atoms with Gasteiger partial charge in [-0.25, -0.2) is 8.78 Å². The third kappa shape index (κ3) is 5.45. The van der Waals surface area contributed by atoms with Crippen molar-refractivity contribution in [2.45, 2.75) is 107 Å². The molecule has 1 aromatic rings. The quantitative estimate of drug-likeness (QED) is 0.506. The zero-order chi connectivity index (χ0) is 25.8. The average molecular weight is 520 g/mol. The van der Waals surface area contributed by atoms with Gasteiger partial charge in [0.05, 0.1) is 0 Å². The number of alkyl halides is 2. The summed E-state index contributed by atoms with van der Waals surface area (Å²) in [7, 11) is 2.19. The Morgan fingerprint density at radius 1 is 1.08 bits per heavy atom. The summed E-state index contributed by atoms with van der Waals surface area (Å²) in [4.78, 5) is 24.6. The van der Waals surface area contributed by atoms with Crippen LogP contribution in [-0.4, -0.2) is 88.5 Å². The van der Waals surface area contributed by atoms with Gasteiger partial charge in [0, 0.05) is 74.9 Å². The topological polar surface area (TPSA) is 65.7 Å². The van der Waals surface area contributed by atoms with Crippen molar-refractivity contribution in [3.8, 4) is 0 Å². The number of hydrogen-bond acceptors (Lipinski definition) is 6. The maximum Gasteiger partial charge on any atom is 0.252 e. The lowest BCUT2D eigenvalue weighted by Crippen LogP contribution is -2.53. The molecule has 1 aromatic heterocycles. The minimum absolute atomic E-state index is 0.0541. The van der Waals surface area contributed by atoms with Crippen LogP contribution in [0.1, 0.15) is 95.2 Å². The summed E-state index contributed by atoms with van der Waals surface area (Å²) in [6, 6.07) is 0.236. The van der Waals surface area contributed by atoms with E-state index >= 15 is 8.78 Å². The Morgan fingerprint density at radius 2 is 1.84 bits per heavy atom. The number of aromatic nitrogens is 2. The number of carbonyl (C=O) groups excluding carboxylic acids is 1. The van der Waals surface area contributed by atoms with Gasteiger partial charge in [-0.05, 0) is 70.8 Å². The van der Waals surface area contributed by atoms with Gasteiger partial charge in [0.2, 0.25) is 11.8 Å². The minimum atomic E-state index is -2.79. The van der Waals surface area contributed by atoms with Crippen molar-refractivity contribution in [2.75, 3.05) is 39.8 Å². The summed E-state index contributed by atoms with van der Waals surface area (Å²) in [6.45, 7) is 6.09. The first-order valence-electron chi connectivity index (χ1n) is 14.7. The molecule has 0 spiro atoms. The molecule has 3 saturated carbocycles. The van der Waals surface area contributed by atoms with Crippen LogP contribution in [0, 0.1) is 11.8 Å². The second kappa shape index (κ2) is 9.85. The van der Waals surface area contributed by atoms with E-state index in [9.17, 15) is 4.79 Å². The summed E-state index contributed by atoms with van der Waals surface area (Å²) >= 11 is 0. The Labute approximate surface area is 219 Å². The van der Waals surface area contributed by atoms with Gasteiger partial charge in [-0.3, -0.25) is 9.69 Å². The van der Waals surface area contributed by atoms with Crippen LogP contribution >= 0.6 is 0 Å². The first kappa shape index (κ1) is 25.7. The van der Waals surface area contributed by atoms with E-state index in [2.05, 4.69) is 33.9 Å². The molecule has 5 aliphatic rings. The molecule has 0 N–H and O–H groups in total. The summed E-state index contributed by atoms with van der Waals surface area (Å²) in [5.41, 5.74) is -0.234. The SMILES string of the molecule is CN(CC1CC1)[C@H]1CCN([C@H]2CCCC(F)(F)[C@@H]2CC(=O)N2CCC(C)(c3noc(C4CC4)n3)CC2)C1. The fourth-order valence-corrected chi connectivity index (χ4v) is 6.99. The molecule has 3 heterocycles. The molecule has 206 valence electrons. The fraction of sp³-hybridized carbons (Fsp3) is 0.893. The highest BCUT2D eigenvalue weighted by Gasteiger charge is 2.51. The van der Waals surface area contributed by atoms with Gasteiger partial charge >= 0.3 is 0 Å². The highest BCUT2D eigenvalue weighted by atomic mass is 19.3. The van der Waals surface area contributed by atoms with Gasteiger partial charge in [-0.15, -0.1) is 0 Å². The lowest BCUT2D eigenvalue weighted by Gasteiger charge is -2.44. The van der Waals surface area contributed by atoms with E-state index in [1.807, 2.05) is 4.90 Å². The van der Waals surface area contributed by atoms with Crippen LogP contribution in [0.4, 0.5) is 8.78 Å². The van der Waals surface area contributed by atoms with Crippen LogP contribution in [0.2, 0.25) is 0 Å². The van der Waals surface area contributed by atoms with Crippen LogP contribution in [0.15, 0.2) is 4.52 Å². The molecule has 3 aliphatic carbocycles. The maximum absolute atomic E-state index is 15.3. The van der Waals surface area contributed by atoms with Crippen molar-refractivity contribution in [2.24, 2.45) is 11.8 Å². The number of likely N-dealkylation sites (N-methyl/N-ethyl adjacent to an activating group) is 1. The van der Waals surface area contributed by atoms with Crippen LogP contribution in [0.3, 0.4) is 0 Å². The highest BCUT2D eigenvalue weighted by Crippen LogP contribution is 2.45. The van der Waals surface area contributed by atoms with E-state index < -0.39 is 11.8 Å². The normalized spacial score (nSPS) is 32.2. The lowest BCUT2D eigenvalue weighted by atomic mass is 9.77. The zero-order valence-corrected chi connectivity index (χ0v) is 22.5. The molecule has 0 unspecified atom stereocenters. The van der Waals surface area contributed by atoms with Crippen molar-refractivity contribution in [1.29, 1.82) is 0 Å². The first-order valence-corrected chi connectivity index (χ1v) is 14.7. The Hall–Kier alpha value is -1.61. The molecule has 0 aromatic carbocycles. The number of hydrogen-bond donors (Lipinski definition) is 0. The molecule has 9 heteroatoms.